The van der Waals surface area contributed by atoms with Gasteiger partial charge in [0.25, 0.3) is 0 Å². The van der Waals surface area contributed by atoms with E-state index < -0.39 is 0 Å². The van der Waals surface area contributed by atoms with Gasteiger partial charge in [-0.25, -0.2) is 0 Å². The molecule has 13 heavy (non-hydrogen) atoms. The molecule has 0 radical (unpaired) electrons. The van der Waals surface area contributed by atoms with Crippen LogP contribution >= 0.6 is 0 Å². The van der Waals surface area contributed by atoms with Gasteiger partial charge in [0.1, 0.15) is 0 Å². The summed E-state index contributed by atoms with van der Waals surface area (Å²) in [6, 6.07) is 4.09. The number of β-amino-alcohol motifs (C(OH)–C–C–N with tert-alkyl or cyclic N) is 1. The molecular weight excluding hydrogens is 164 g/mol. The number of aromatic nitrogens is 1. The van der Waals surface area contributed by atoms with E-state index in [4.69, 9.17) is 5.11 Å². The van der Waals surface area contributed by atoms with Crippen LogP contribution in [0.3, 0.4) is 0 Å². The van der Waals surface area contributed by atoms with Crippen molar-refractivity contribution in [3.8, 4) is 0 Å². The third kappa shape index (κ3) is 1.87. The molecule has 2 heterocycles. The molecule has 3 heteroatoms. The average Bonchev–Trinajstić information content (AvgIpc) is 2.18. The van der Waals surface area contributed by atoms with Crippen LogP contribution in [0.4, 0.5) is 0 Å². The summed E-state index contributed by atoms with van der Waals surface area (Å²) in [5.41, 5.74) is 2.53. The Hall–Kier alpha value is -0.930. The van der Waals surface area contributed by atoms with Gasteiger partial charge in [-0.05, 0) is 11.6 Å². The minimum atomic E-state index is 0.246. The lowest BCUT2D eigenvalue weighted by Gasteiger charge is -2.26. The first-order valence-corrected chi connectivity index (χ1v) is 4.66. The van der Waals surface area contributed by atoms with Crippen LogP contribution in [0.5, 0.6) is 0 Å². The predicted molar refractivity (Wildman–Crippen MR) is 50.3 cm³/mol. The quantitative estimate of drug-likeness (QED) is 0.713. The minimum Gasteiger partial charge on any atom is -0.395 e. The van der Waals surface area contributed by atoms with Gasteiger partial charge in [0.2, 0.25) is 0 Å². The second kappa shape index (κ2) is 3.85. The van der Waals surface area contributed by atoms with Crippen LogP contribution in [0.1, 0.15) is 11.3 Å². The van der Waals surface area contributed by atoms with Gasteiger partial charge in [-0.15, -0.1) is 0 Å². The number of fused-ring (bicyclic) bond motifs is 1. The van der Waals surface area contributed by atoms with Crippen LogP contribution in [-0.4, -0.2) is 34.7 Å². The van der Waals surface area contributed by atoms with Gasteiger partial charge >= 0.3 is 0 Å². The normalized spacial score (nSPS) is 17.0. The highest BCUT2D eigenvalue weighted by Crippen LogP contribution is 2.15. The lowest BCUT2D eigenvalue weighted by atomic mass is 10.1. The number of pyridine rings is 1. The Labute approximate surface area is 78.0 Å². The van der Waals surface area contributed by atoms with Crippen LogP contribution in [0.2, 0.25) is 0 Å². The molecule has 0 fully saturated rings. The Morgan fingerprint density at radius 2 is 2.46 bits per heavy atom. The molecule has 1 N–H and O–H groups in total. The van der Waals surface area contributed by atoms with Gasteiger partial charge in [0.05, 0.1) is 6.61 Å². The Morgan fingerprint density at radius 1 is 1.54 bits per heavy atom. The van der Waals surface area contributed by atoms with E-state index in [-0.39, 0.29) is 6.61 Å². The molecule has 70 valence electrons. The van der Waals surface area contributed by atoms with E-state index in [1.165, 1.54) is 11.3 Å². The number of rotatable bonds is 2. The maximum Gasteiger partial charge on any atom is 0.0558 e. The molecule has 0 aromatic carbocycles. The van der Waals surface area contributed by atoms with Crippen molar-refractivity contribution in [1.82, 2.24) is 9.88 Å². The van der Waals surface area contributed by atoms with Crippen molar-refractivity contribution < 1.29 is 5.11 Å². The van der Waals surface area contributed by atoms with Crippen molar-refractivity contribution >= 4 is 0 Å². The fourth-order valence-electron chi connectivity index (χ4n) is 1.76. The van der Waals surface area contributed by atoms with Crippen LogP contribution in [0.25, 0.3) is 0 Å². The molecule has 1 aromatic heterocycles. The Bertz CT molecular complexity index is 288. The maximum atomic E-state index is 8.81. The van der Waals surface area contributed by atoms with Gasteiger partial charge < -0.3 is 5.11 Å². The first-order chi connectivity index (χ1) is 6.40. The van der Waals surface area contributed by atoms with Gasteiger partial charge in [-0.2, -0.15) is 0 Å². The number of nitrogens with zero attached hydrogens (tertiary/aromatic N) is 2. The third-order valence-corrected chi connectivity index (χ3v) is 2.46. The summed E-state index contributed by atoms with van der Waals surface area (Å²) in [5, 5.41) is 8.81. The topological polar surface area (TPSA) is 36.4 Å². The lowest BCUT2D eigenvalue weighted by molar-refractivity contribution is 0.183. The molecule has 0 aliphatic carbocycles. The molecule has 0 spiro atoms. The molecule has 3 nitrogen and oxygen atoms in total. The standard InChI is InChI=1S/C10H14N2O/c13-7-6-12-5-3-10-9(8-12)2-1-4-11-10/h1-2,4,13H,3,5-8H2. The molecule has 1 aliphatic rings. The summed E-state index contributed by atoms with van der Waals surface area (Å²) in [7, 11) is 0. The Kier molecular flexibility index (Phi) is 2.57. The van der Waals surface area contributed by atoms with Crippen LogP contribution < -0.4 is 0 Å². The smallest absolute Gasteiger partial charge is 0.0558 e. The van der Waals surface area contributed by atoms with Gasteiger partial charge in [-0.3, -0.25) is 9.88 Å². The predicted octanol–water partition coefficient (Wildman–Crippen LogP) is 0.432. The van der Waals surface area contributed by atoms with Crippen LogP contribution in [0.15, 0.2) is 18.3 Å². The van der Waals surface area contributed by atoms with E-state index in [0.29, 0.717) is 0 Å². The lowest BCUT2D eigenvalue weighted by Crippen LogP contribution is -2.33. The van der Waals surface area contributed by atoms with Crippen molar-refractivity contribution in [3.05, 3.63) is 29.6 Å². The molecule has 0 saturated carbocycles. The number of hydrogen-bond acceptors (Lipinski definition) is 3. The zero-order valence-corrected chi connectivity index (χ0v) is 7.61. The molecular formula is C10H14N2O. The third-order valence-electron chi connectivity index (χ3n) is 2.46. The number of hydrogen-bond donors (Lipinski definition) is 1. The minimum absolute atomic E-state index is 0.246. The van der Waals surface area contributed by atoms with Gasteiger partial charge in [0, 0.05) is 37.9 Å². The van der Waals surface area contributed by atoms with Crippen molar-refractivity contribution in [3.63, 3.8) is 0 Å². The molecule has 1 aromatic rings. The van der Waals surface area contributed by atoms with Crippen molar-refractivity contribution in [2.24, 2.45) is 0 Å². The molecule has 1 aliphatic heterocycles. The van der Waals surface area contributed by atoms with E-state index >= 15 is 0 Å². The van der Waals surface area contributed by atoms with Gasteiger partial charge in [0.15, 0.2) is 0 Å². The molecule has 0 amide bonds. The van der Waals surface area contributed by atoms with E-state index in [1.54, 1.807) is 0 Å². The second-order valence-electron chi connectivity index (χ2n) is 3.36. The van der Waals surface area contributed by atoms with Crippen molar-refractivity contribution in [2.45, 2.75) is 13.0 Å². The summed E-state index contributed by atoms with van der Waals surface area (Å²) in [6.07, 6.45) is 2.86. The second-order valence-corrected chi connectivity index (χ2v) is 3.36. The molecule has 0 unspecified atom stereocenters. The van der Waals surface area contributed by atoms with Crippen molar-refractivity contribution in [1.29, 1.82) is 0 Å². The fraction of sp³-hybridized carbons (Fsp3) is 0.500. The number of aliphatic hydroxyl groups is 1. The summed E-state index contributed by atoms with van der Waals surface area (Å²) in [6.45, 7) is 2.97. The van der Waals surface area contributed by atoms with E-state index in [2.05, 4.69) is 16.0 Å². The van der Waals surface area contributed by atoms with E-state index in [1.807, 2.05) is 12.3 Å². The fourth-order valence-corrected chi connectivity index (χ4v) is 1.76. The largest absolute Gasteiger partial charge is 0.395 e. The summed E-state index contributed by atoms with van der Waals surface area (Å²) >= 11 is 0. The zero-order chi connectivity index (χ0) is 9.10. The highest BCUT2D eigenvalue weighted by Gasteiger charge is 2.15. The van der Waals surface area contributed by atoms with E-state index in [9.17, 15) is 0 Å². The Balaban J connectivity index is 2.11. The van der Waals surface area contributed by atoms with Gasteiger partial charge in [-0.1, -0.05) is 6.07 Å². The highest BCUT2D eigenvalue weighted by molar-refractivity contribution is 5.21. The highest BCUT2D eigenvalue weighted by atomic mass is 16.3. The maximum absolute atomic E-state index is 8.81. The first kappa shape index (κ1) is 8.66. The van der Waals surface area contributed by atoms with Crippen molar-refractivity contribution in [2.75, 3.05) is 19.7 Å². The first-order valence-electron chi connectivity index (χ1n) is 4.66. The molecule has 0 bridgehead atoms. The molecule has 0 atom stereocenters. The summed E-state index contributed by atoms with van der Waals surface area (Å²) < 4.78 is 0. The van der Waals surface area contributed by atoms with Crippen LogP contribution in [0, 0.1) is 0 Å². The molecule has 0 saturated heterocycles. The zero-order valence-electron chi connectivity index (χ0n) is 7.61. The summed E-state index contributed by atoms with van der Waals surface area (Å²) in [4.78, 5) is 6.58. The summed E-state index contributed by atoms with van der Waals surface area (Å²) in [5.74, 6) is 0. The monoisotopic (exact) mass is 178 g/mol. The average molecular weight is 178 g/mol. The van der Waals surface area contributed by atoms with E-state index in [0.717, 1.165) is 26.1 Å². The molecule has 2 rings (SSSR count). The van der Waals surface area contributed by atoms with Crippen LogP contribution in [-0.2, 0) is 13.0 Å². The number of aliphatic hydroxyl groups excluding tert-OH is 1. The SMILES string of the molecule is OCCN1CCc2ncccc2C1. The Morgan fingerprint density at radius 3 is 3.31 bits per heavy atom.